The number of benzene rings is 2. The predicted octanol–water partition coefficient (Wildman–Crippen LogP) is 8.32. The average Bonchev–Trinajstić information content (AvgIpc) is 3.32. The van der Waals surface area contributed by atoms with E-state index in [-0.39, 0.29) is 50.5 Å². The van der Waals surface area contributed by atoms with Gasteiger partial charge in [0, 0.05) is 0 Å². The van der Waals surface area contributed by atoms with Gasteiger partial charge in [0.15, 0.2) is 0 Å². The van der Waals surface area contributed by atoms with E-state index in [4.69, 9.17) is 0 Å². The van der Waals surface area contributed by atoms with Crippen LogP contribution in [0.1, 0.15) is 70.2 Å². The van der Waals surface area contributed by atoms with Gasteiger partial charge in [-0.1, -0.05) is 76.3 Å². The Morgan fingerprint density at radius 2 is 1.41 bits per heavy atom. The van der Waals surface area contributed by atoms with Gasteiger partial charge in [0.1, 0.15) is 0 Å². The van der Waals surface area contributed by atoms with E-state index in [1.807, 2.05) is 12.2 Å². The third-order valence-electron chi connectivity index (χ3n) is 5.11. The van der Waals surface area contributed by atoms with Crippen molar-refractivity contribution in [3.8, 4) is 11.1 Å². The van der Waals surface area contributed by atoms with E-state index in [0.717, 1.165) is 12.8 Å². The van der Waals surface area contributed by atoms with Crippen molar-refractivity contribution in [3.63, 3.8) is 0 Å². The fourth-order valence-corrected chi connectivity index (χ4v) is 3.32. The molecule has 0 heterocycles. The molecule has 4 rings (SSSR count). The second kappa shape index (κ2) is 15.5. The van der Waals surface area contributed by atoms with Crippen molar-refractivity contribution in [1.29, 1.82) is 0 Å². The summed E-state index contributed by atoms with van der Waals surface area (Å²) >= 11 is 1.36. The van der Waals surface area contributed by atoms with Crippen molar-refractivity contribution in [3.05, 3.63) is 97.8 Å². The summed E-state index contributed by atoms with van der Waals surface area (Å²) in [5.41, 5.74) is 8.76. The fraction of sp³-hybridized carbons (Fsp3) is 0.357. The molecule has 0 saturated carbocycles. The second-order valence-electron chi connectivity index (χ2n) is 9.33. The van der Waals surface area contributed by atoms with Crippen LogP contribution in [0.4, 0.5) is 0 Å². The van der Waals surface area contributed by atoms with E-state index in [1.54, 1.807) is 0 Å². The van der Waals surface area contributed by atoms with Gasteiger partial charge < -0.3 is 14.9 Å². The SMILES string of the molecule is CC(C)(C)c1c[c-]c2c(c1)-c1cc(C(C)(C)C)ccc1C2.Cl.Cl.[C-]1=CC=CC1.[CH3-].[CH3-].[Si]=[Zr]. The van der Waals surface area contributed by atoms with Crippen LogP contribution in [-0.2, 0) is 40.6 Å². The number of allylic oxidation sites excluding steroid dienone is 4. The zero-order valence-corrected chi connectivity index (χ0v) is 25.9. The van der Waals surface area contributed by atoms with Gasteiger partial charge >= 0.3 is 30.2 Å². The van der Waals surface area contributed by atoms with Gasteiger partial charge in [-0.25, -0.2) is 12.2 Å². The molecule has 0 nitrogen and oxygen atoms in total. The fourth-order valence-electron chi connectivity index (χ4n) is 3.32. The molecule has 0 aliphatic heterocycles. The van der Waals surface area contributed by atoms with E-state index in [0.29, 0.717) is 0 Å². The molecule has 0 unspecified atom stereocenters. The first-order valence-electron chi connectivity index (χ1n) is 9.82. The summed E-state index contributed by atoms with van der Waals surface area (Å²) in [4.78, 5) is 0. The maximum absolute atomic E-state index is 3.53. The molecule has 2 aromatic rings. The Labute approximate surface area is 227 Å². The number of halogens is 2. The van der Waals surface area contributed by atoms with Gasteiger partial charge in [-0.15, -0.1) is 36.8 Å². The van der Waals surface area contributed by atoms with Crippen LogP contribution in [0.25, 0.3) is 11.1 Å². The van der Waals surface area contributed by atoms with Crippen molar-refractivity contribution < 1.29 is 23.3 Å². The molecule has 0 fully saturated rings. The Bertz CT molecular complexity index is 816. The Kier molecular flexibility index (Phi) is 17.5. The van der Waals surface area contributed by atoms with Crippen LogP contribution in [0.3, 0.4) is 0 Å². The first-order valence-corrected chi connectivity index (χ1v) is 14.0. The van der Waals surface area contributed by atoms with Crippen molar-refractivity contribution in [2.24, 2.45) is 0 Å². The van der Waals surface area contributed by atoms with Crippen LogP contribution in [-0.4, -0.2) is 6.88 Å². The maximum atomic E-state index is 3.53. The summed E-state index contributed by atoms with van der Waals surface area (Å²) in [6.07, 6.45) is 11.0. The van der Waals surface area contributed by atoms with Crippen molar-refractivity contribution >= 4 is 31.7 Å². The van der Waals surface area contributed by atoms with Crippen molar-refractivity contribution in [1.82, 2.24) is 0 Å². The van der Waals surface area contributed by atoms with E-state index in [2.05, 4.69) is 97.0 Å². The second-order valence-corrected chi connectivity index (χ2v) is 9.33. The molecule has 2 aliphatic carbocycles. The molecule has 2 radical (unpaired) electrons. The molecule has 4 heteroatoms. The van der Waals surface area contributed by atoms with Crippen molar-refractivity contribution in [2.75, 3.05) is 0 Å². The molecule has 0 spiro atoms. The predicted molar refractivity (Wildman–Crippen MR) is 146 cm³/mol. The minimum absolute atomic E-state index is 0. The zero-order valence-electron chi connectivity index (χ0n) is 20.8. The molecular formula is C28H38Cl2SiZr-4. The van der Waals surface area contributed by atoms with E-state index in [9.17, 15) is 0 Å². The van der Waals surface area contributed by atoms with Crippen LogP contribution >= 0.6 is 24.8 Å². The van der Waals surface area contributed by atoms with Gasteiger partial charge in [0.2, 0.25) is 0 Å². The third kappa shape index (κ3) is 9.46. The molecule has 2 aliphatic rings. The molecule has 0 saturated heterocycles. The zero-order chi connectivity index (χ0) is 20.9. The summed E-state index contributed by atoms with van der Waals surface area (Å²) < 4.78 is 0. The summed E-state index contributed by atoms with van der Waals surface area (Å²) in [5, 5.41) is 0. The van der Waals surface area contributed by atoms with E-state index in [1.165, 1.54) is 56.7 Å². The summed E-state index contributed by atoms with van der Waals surface area (Å²) in [5.74, 6) is 0. The quantitative estimate of drug-likeness (QED) is 0.190. The minimum atomic E-state index is 0. The van der Waals surface area contributed by atoms with Gasteiger partial charge in [-0.05, 0) is 17.4 Å². The molecule has 0 amide bonds. The number of hydrogen-bond donors (Lipinski definition) is 0. The molecule has 176 valence electrons. The summed E-state index contributed by atoms with van der Waals surface area (Å²) in [6.45, 7) is 16.7. The summed E-state index contributed by atoms with van der Waals surface area (Å²) in [6, 6.07) is 15.1. The van der Waals surface area contributed by atoms with Crippen molar-refractivity contribution in [2.45, 2.75) is 65.2 Å². The molecule has 0 N–H and O–H groups in total. The number of fused-ring (bicyclic) bond motifs is 3. The first kappa shape index (κ1) is 36.2. The third-order valence-corrected chi connectivity index (χ3v) is 5.11. The standard InChI is InChI=1S/C21H25.C5H5.2CH3.2ClH.Si.Zr/c1-20(2,3)16-9-7-14-11-15-8-10-17(21(4,5)6)13-19(15)18(14)12-16;1-2-4-5-3-1;;;;;;/h7,9-10,12-13H,11H2,1-6H3;1-3H,4H2;2*1H3;2*1H;;/q4*-1;;;;. The van der Waals surface area contributed by atoms with Crippen LogP contribution in [0.15, 0.2) is 48.6 Å². The van der Waals surface area contributed by atoms with Crippen LogP contribution in [0.5, 0.6) is 0 Å². The molecule has 32 heavy (non-hydrogen) atoms. The molecular weight excluding hydrogens is 527 g/mol. The van der Waals surface area contributed by atoms with E-state index < -0.39 is 0 Å². The summed E-state index contributed by atoms with van der Waals surface area (Å²) in [7, 11) is 0. The Hall–Kier alpha value is -0.400. The number of hydrogen-bond acceptors (Lipinski definition) is 0. The number of rotatable bonds is 0. The first-order chi connectivity index (χ1) is 13.2. The average molecular weight is 565 g/mol. The Morgan fingerprint density at radius 3 is 1.84 bits per heavy atom. The monoisotopic (exact) mass is 562 g/mol. The van der Waals surface area contributed by atoms with Crippen LogP contribution in [0, 0.1) is 27.0 Å². The topological polar surface area (TPSA) is 0 Å². The molecule has 0 aromatic heterocycles. The van der Waals surface area contributed by atoms with Crippen LogP contribution < -0.4 is 0 Å². The Balaban J connectivity index is -0.000000670. The van der Waals surface area contributed by atoms with E-state index >= 15 is 0 Å². The Morgan fingerprint density at radius 1 is 0.844 bits per heavy atom. The molecule has 0 bridgehead atoms. The normalized spacial score (nSPS) is 12.0. The molecule has 2 aromatic carbocycles. The van der Waals surface area contributed by atoms with Gasteiger partial charge in [-0.3, -0.25) is 6.08 Å². The van der Waals surface area contributed by atoms with Gasteiger partial charge in [0.05, 0.1) is 0 Å². The van der Waals surface area contributed by atoms with Gasteiger partial charge in [0.25, 0.3) is 0 Å². The van der Waals surface area contributed by atoms with Crippen LogP contribution in [0.2, 0.25) is 0 Å². The molecule has 0 atom stereocenters. The van der Waals surface area contributed by atoms with Gasteiger partial charge in [-0.2, -0.15) is 35.4 Å².